The molecule has 0 aliphatic carbocycles. The number of para-hydroxylation sites is 2. The Morgan fingerprint density at radius 1 is 1.15 bits per heavy atom. The van der Waals surface area contributed by atoms with Gasteiger partial charge in [0.15, 0.2) is 0 Å². The fourth-order valence-corrected chi connectivity index (χ4v) is 2.18. The molecule has 0 aliphatic heterocycles. The van der Waals surface area contributed by atoms with E-state index in [0.717, 1.165) is 6.07 Å². The second kappa shape index (κ2) is 8.03. The summed E-state index contributed by atoms with van der Waals surface area (Å²) in [6.45, 7) is -2.08. The van der Waals surface area contributed by atoms with Gasteiger partial charge in [0.1, 0.15) is 5.75 Å². The lowest BCUT2D eigenvalue weighted by Gasteiger charge is -2.14. The molecule has 4 nitrogen and oxygen atoms in total. The van der Waals surface area contributed by atoms with Gasteiger partial charge in [-0.1, -0.05) is 18.2 Å². The van der Waals surface area contributed by atoms with Crippen molar-refractivity contribution in [3.05, 3.63) is 53.6 Å². The number of ether oxygens (including phenoxy) is 1. The molecule has 2 rings (SSSR count). The first kappa shape index (κ1) is 19.5. The second-order valence-electron chi connectivity index (χ2n) is 5.30. The van der Waals surface area contributed by atoms with Crippen LogP contribution in [0.1, 0.15) is 11.1 Å². The van der Waals surface area contributed by atoms with Crippen LogP contribution in [0.4, 0.5) is 33.3 Å². The number of anilines is 2. The molecule has 0 fully saturated rings. The number of carbonyl (C=O) groups is 1. The highest BCUT2D eigenvalue weighted by Crippen LogP contribution is 2.33. The molecule has 0 saturated carbocycles. The smallest absolute Gasteiger partial charge is 0.416 e. The lowest BCUT2D eigenvalue weighted by Crippen LogP contribution is -2.22. The fourth-order valence-electron chi connectivity index (χ4n) is 2.18. The van der Waals surface area contributed by atoms with Gasteiger partial charge in [0.05, 0.1) is 17.8 Å². The topological polar surface area (TPSA) is 50.4 Å². The molecule has 2 aromatic rings. The van der Waals surface area contributed by atoms with E-state index >= 15 is 0 Å². The van der Waals surface area contributed by atoms with Crippen LogP contribution < -0.4 is 15.4 Å². The van der Waals surface area contributed by atoms with E-state index in [-0.39, 0.29) is 29.2 Å². The van der Waals surface area contributed by atoms with Crippen LogP contribution >= 0.6 is 0 Å². The van der Waals surface area contributed by atoms with Gasteiger partial charge in [-0.2, -0.15) is 22.0 Å². The van der Waals surface area contributed by atoms with E-state index in [2.05, 4.69) is 15.4 Å². The fraction of sp³-hybridized carbons (Fsp3) is 0.235. The molecule has 2 N–H and O–H groups in total. The van der Waals surface area contributed by atoms with Gasteiger partial charge in [-0.3, -0.25) is 4.79 Å². The maximum atomic E-state index is 12.9. The van der Waals surface area contributed by atoms with Gasteiger partial charge < -0.3 is 15.4 Å². The van der Waals surface area contributed by atoms with Crippen LogP contribution in [-0.4, -0.2) is 19.1 Å². The highest BCUT2D eigenvalue weighted by atomic mass is 19.4. The number of benzene rings is 2. The summed E-state index contributed by atoms with van der Waals surface area (Å²) < 4.78 is 67.6. The molecular weight excluding hydrogens is 359 g/mol. The lowest BCUT2D eigenvalue weighted by atomic mass is 10.1. The number of hydrogen-bond acceptors (Lipinski definition) is 3. The van der Waals surface area contributed by atoms with Gasteiger partial charge >= 0.3 is 12.8 Å². The maximum Gasteiger partial charge on any atom is 0.416 e. The zero-order valence-electron chi connectivity index (χ0n) is 13.5. The first-order valence-corrected chi connectivity index (χ1v) is 7.42. The summed E-state index contributed by atoms with van der Waals surface area (Å²) in [7, 11) is 0. The Hall–Kier alpha value is -2.84. The highest BCUT2D eigenvalue weighted by Gasteiger charge is 2.32. The molecule has 2 aromatic carbocycles. The van der Waals surface area contributed by atoms with Gasteiger partial charge in [0.2, 0.25) is 5.91 Å². The monoisotopic (exact) mass is 374 g/mol. The molecule has 0 radical (unpaired) electrons. The molecule has 9 heteroatoms. The highest BCUT2D eigenvalue weighted by molar-refractivity contribution is 5.95. The summed E-state index contributed by atoms with van der Waals surface area (Å²) in [5.41, 5.74) is -0.612. The van der Waals surface area contributed by atoms with Gasteiger partial charge in [-0.05, 0) is 36.8 Å². The quantitative estimate of drug-likeness (QED) is 0.723. The minimum absolute atomic E-state index is 0.0273. The zero-order valence-corrected chi connectivity index (χ0v) is 13.5. The van der Waals surface area contributed by atoms with Crippen LogP contribution in [0.3, 0.4) is 0 Å². The predicted molar refractivity (Wildman–Crippen MR) is 86.4 cm³/mol. The molecule has 0 aromatic heterocycles. The Bertz CT molecular complexity index is 778. The first-order valence-electron chi connectivity index (χ1n) is 7.42. The minimum Gasteiger partial charge on any atom is -0.433 e. The van der Waals surface area contributed by atoms with Crippen molar-refractivity contribution in [3.63, 3.8) is 0 Å². The number of rotatable bonds is 6. The summed E-state index contributed by atoms with van der Waals surface area (Å²) >= 11 is 0. The van der Waals surface area contributed by atoms with Crippen molar-refractivity contribution in [1.82, 2.24) is 0 Å². The molecule has 0 unspecified atom stereocenters. The number of aryl methyl sites for hydroxylation is 1. The first-order chi connectivity index (χ1) is 12.2. The number of carbonyl (C=O) groups excluding carboxylic acids is 1. The van der Waals surface area contributed by atoms with Crippen molar-refractivity contribution < 1.29 is 31.5 Å². The summed E-state index contributed by atoms with van der Waals surface area (Å²) in [5, 5.41) is 4.92. The van der Waals surface area contributed by atoms with Crippen LogP contribution in [0.15, 0.2) is 42.5 Å². The predicted octanol–water partition coefficient (Wildman–Crippen LogP) is 4.67. The van der Waals surface area contributed by atoms with E-state index in [4.69, 9.17) is 0 Å². The number of nitrogens with one attached hydrogen (secondary N) is 2. The van der Waals surface area contributed by atoms with Crippen LogP contribution in [0.5, 0.6) is 5.75 Å². The Morgan fingerprint density at radius 2 is 1.85 bits per heavy atom. The third-order valence-electron chi connectivity index (χ3n) is 3.37. The summed E-state index contributed by atoms with van der Waals surface area (Å²) in [4.78, 5) is 11.9. The van der Waals surface area contributed by atoms with Gasteiger partial charge in [-0.25, -0.2) is 0 Å². The SMILES string of the molecule is Cc1ccc(NCC(=O)Nc2ccccc2OC(F)F)cc1C(F)(F)F. The maximum absolute atomic E-state index is 12.9. The van der Waals surface area contributed by atoms with Gasteiger partial charge in [0, 0.05) is 5.69 Å². The van der Waals surface area contributed by atoms with Crippen LogP contribution in [-0.2, 0) is 11.0 Å². The normalized spacial score (nSPS) is 11.3. The van der Waals surface area contributed by atoms with Crippen LogP contribution in [0.25, 0.3) is 0 Å². The van der Waals surface area contributed by atoms with Crippen LogP contribution in [0, 0.1) is 6.92 Å². The zero-order chi connectivity index (χ0) is 19.3. The number of halogens is 5. The third-order valence-corrected chi connectivity index (χ3v) is 3.37. The van der Waals surface area contributed by atoms with E-state index in [1.165, 1.54) is 43.3 Å². The molecule has 0 atom stereocenters. The summed E-state index contributed by atoms with van der Waals surface area (Å²) in [6.07, 6.45) is -4.50. The largest absolute Gasteiger partial charge is 0.433 e. The average molecular weight is 374 g/mol. The Balaban J connectivity index is 2.02. The van der Waals surface area contributed by atoms with E-state index in [1.54, 1.807) is 0 Å². The van der Waals surface area contributed by atoms with Gasteiger partial charge in [-0.15, -0.1) is 0 Å². The van der Waals surface area contributed by atoms with Crippen molar-refractivity contribution in [1.29, 1.82) is 0 Å². The molecule has 0 heterocycles. The number of alkyl halides is 5. The van der Waals surface area contributed by atoms with E-state index < -0.39 is 24.3 Å². The van der Waals surface area contributed by atoms with Crippen LogP contribution in [0.2, 0.25) is 0 Å². The minimum atomic E-state index is -4.50. The molecule has 26 heavy (non-hydrogen) atoms. The molecule has 0 aliphatic rings. The Kier molecular flexibility index (Phi) is 6.01. The van der Waals surface area contributed by atoms with Crippen molar-refractivity contribution in [2.24, 2.45) is 0 Å². The van der Waals surface area contributed by atoms with Gasteiger partial charge in [0.25, 0.3) is 0 Å². The standard InChI is InChI=1S/C17H15F5N2O2/c1-10-6-7-11(8-12(10)17(20,21)22)23-9-15(25)24-13-4-2-3-5-14(13)26-16(18)19/h2-8,16,23H,9H2,1H3,(H,24,25). The van der Waals surface area contributed by atoms with Crippen molar-refractivity contribution in [2.75, 3.05) is 17.2 Å². The van der Waals surface area contributed by atoms with E-state index in [1.807, 2.05) is 0 Å². The van der Waals surface area contributed by atoms with E-state index in [0.29, 0.717) is 0 Å². The van der Waals surface area contributed by atoms with Crippen molar-refractivity contribution >= 4 is 17.3 Å². The molecule has 0 spiro atoms. The lowest BCUT2D eigenvalue weighted by molar-refractivity contribution is -0.138. The number of amides is 1. The Labute approximate surface area is 146 Å². The number of hydrogen-bond donors (Lipinski definition) is 2. The third kappa shape index (κ3) is 5.33. The molecule has 0 bridgehead atoms. The second-order valence-corrected chi connectivity index (χ2v) is 5.30. The van der Waals surface area contributed by atoms with Crippen molar-refractivity contribution in [2.45, 2.75) is 19.7 Å². The van der Waals surface area contributed by atoms with Crippen molar-refractivity contribution in [3.8, 4) is 5.75 Å². The molecule has 140 valence electrons. The average Bonchev–Trinajstić information content (AvgIpc) is 2.54. The molecule has 0 saturated heterocycles. The summed E-state index contributed by atoms with van der Waals surface area (Å²) in [5.74, 6) is -0.852. The summed E-state index contributed by atoms with van der Waals surface area (Å²) in [6, 6.07) is 9.18. The molecular formula is C17H15F5N2O2. The molecule has 1 amide bonds. The Morgan fingerprint density at radius 3 is 2.50 bits per heavy atom. The van der Waals surface area contributed by atoms with E-state index in [9.17, 15) is 26.7 Å².